The predicted octanol–water partition coefficient (Wildman–Crippen LogP) is 3.79. The van der Waals surface area contributed by atoms with Crippen molar-refractivity contribution in [2.75, 3.05) is 13.2 Å². The van der Waals surface area contributed by atoms with Gasteiger partial charge >= 0.3 is 5.97 Å². The molecule has 1 N–H and O–H groups in total. The van der Waals surface area contributed by atoms with Crippen molar-refractivity contribution in [3.8, 4) is 5.75 Å². The summed E-state index contributed by atoms with van der Waals surface area (Å²) in [6, 6.07) is 7.56. The number of hydrogen-bond donors (Lipinski definition) is 1. The number of carbonyl (C=O) groups excluding carboxylic acids is 1. The van der Waals surface area contributed by atoms with E-state index in [1.54, 1.807) is 6.08 Å². The van der Waals surface area contributed by atoms with Crippen LogP contribution in [0.15, 0.2) is 29.2 Å². The molecule has 0 saturated carbocycles. The smallest absolute Gasteiger partial charge is 0.303 e. The highest BCUT2D eigenvalue weighted by atomic mass is 32.2. The molecule has 1 aliphatic rings. The van der Waals surface area contributed by atoms with Crippen molar-refractivity contribution >= 4 is 46.3 Å². The average Bonchev–Trinajstić information content (AvgIpc) is 2.80. The van der Waals surface area contributed by atoms with Crippen molar-refractivity contribution in [1.82, 2.24) is 4.90 Å². The minimum atomic E-state index is -0.876. The molecular weight excluding hydrogens is 358 g/mol. The molecule has 1 saturated heterocycles. The van der Waals surface area contributed by atoms with E-state index < -0.39 is 5.97 Å². The maximum Gasteiger partial charge on any atom is 0.303 e. The van der Waals surface area contributed by atoms with Gasteiger partial charge in [0.2, 0.25) is 0 Å². The van der Waals surface area contributed by atoms with E-state index in [1.165, 1.54) is 16.7 Å². The molecule has 0 bridgehead atoms. The van der Waals surface area contributed by atoms with E-state index in [0.29, 0.717) is 34.7 Å². The third-order valence-electron chi connectivity index (χ3n) is 3.39. The standard InChI is InChI=1S/C18H21NO4S2/c1-12(2)11-23-14-6-3-5-13(9-14)10-15-17(22)19(18(24)25-15)8-4-7-16(20)21/h3,5-6,9-10,12H,4,7-8,11H2,1-2H3,(H,20,21). The van der Waals surface area contributed by atoms with Gasteiger partial charge in [-0.1, -0.05) is 50.0 Å². The minimum absolute atomic E-state index is 0.0192. The largest absolute Gasteiger partial charge is 0.493 e. The van der Waals surface area contributed by atoms with Gasteiger partial charge in [-0.25, -0.2) is 0 Å². The van der Waals surface area contributed by atoms with E-state index in [2.05, 4.69) is 13.8 Å². The van der Waals surface area contributed by atoms with Crippen molar-refractivity contribution in [2.24, 2.45) is 5.92 Å². The highest BCUT2D eigenvalue weighted by Crippen LogP contribution is 2.33. The Morgan fingerprint density at radius 3 is 2.88 bits per heavy atom. The molecule has 1 aromatic rings. The Labute approximate surface area is 157 Å². The molecule has 25 heavy (non-hydrogen) atoms. The van der Waals surface area contributed by atoms with Gasteiger partial charge in [0.05, 0.1) is 11.5 Å². The first kappa shape index (κ1) is 19.5. The van der Waals surface area contributed by atoms with Crippen molar-refractivity contribution in [3.05, 3.63) is 34.7 Å². The first-order valence-electron chi connectivity index (χ1n) is 8.07. The van der Waals surface area contributed by atoms with Crippen LogP contribution in [0, 0.1) is 5.92 Å². The average molecular weight is 380 g/mol. The maximum atomic E-state index is 12.5. The van der Waals surface area contributed by atoms with E-state index in [4.69, 9.17) is 22.1 Å². The van der Waals surface area contributed by atoms with Gasteiger partial charge in [-0.2, -0.15) is 0 Å². The van der Waals surface area contributed by atoms with E-state index in [-0.39, 0.29) is 12.3 Å². The quantitative estimate of drug-likeness (QED) is 0.548. The molecular formula is C18H21NO4S2. The summed E-state index contributed by atoms with van der Waals surface area (Å²) in [6.45, 7) is 5.13. The van der Waals surface area contributed by atoms with E-state index in [9.17, 15) is 9.59 Å². The van der Waals surface area contributed by atoms with E-state index in [0.717, 1.165) is 11.3 Å². The fourth-order valence-electron chi connectivity index (χ4n) is 2.19. The molecule has 134 valence electrons. The zero-order valence-corrected chi connectivity index (χ0v) is 15.9. The highest BCUT2D eigenvalue weighted by molar-refractivity contribution is 8.26. The Balaban J connectivity index is 2.05. The second-order valence-corrected chi connectivity index (χ2v) is 7.78. The molecule has 0 aromatic heterocycles. The molecule has 0 atom stereocenters. The summed E-state index contributed by atoms with van der Waals surface area (Å²) in [6.07, 6.45) is 2.19. The van der Waals surface area contributed by atoms with Crippen LogP contribution in [0.3, 0.4) is 0 Å². The highest BCUT2D eigenvalue weighted by Gasteiger charge is 2.31. The minimum Gasteiger partial charge on any atom is -0.493 e. The van der Waals surface area contributed by atoms with Crippen molar-refractivity contribution in [3.63, 3.8) is 0 Å². The van der Waals surface area contributed by atoms with Crippen LogP contribution in [0.25, 0.3) is 6.08 Å². The van der Waals surface area contributed by atoms with Crippen LogP contribution in [0.5, 0.6) is 5.75 Å². The molecule has 1 heterocycles. The number of carbonyl (C=O) groups is 2. The van der Waals surface area contributed by atoms with Crippen molar-refractivity contribution in [1.29, 1.82) is 0 Å². The summed E-state index contributed by atoms with van der Waals surface area (Å²) >= 11 is 6.48. The lowest BCUT2D eigenvalue weighted by Crippen LogP contribution is -2.29. The summed E-state index contributed by atoms with van der Waals surface area (Å²) in [4.78, 5) is 25.1. The number of aliphatic carboxylic acids is 1. The predicted molar refractivity (Wildman–Crippen MR) is 104 cm³/mol. The second kappa shape index (κ2) is 9.01. The molecule has 1 aromatic carbocycles. The first-order chi connectivity index (χ1) is 11.9. The van der Waals surface area contributed by atoms with Gasteiger partial charge in [0, 0.05) is 13.0 Å². The van der Waals surface area contributed by atoms with Crippen LogP contribution in [-0.4, -0.2) is 39.4 Å². The number of carboxylic acids is 1. The molecule has 1 aliphatic heterocycles. The van der Waals surface area contributed by atoms with Gasteiger partial charge in [-0.15, -0.1) is 0 Å². The molecule has 0 unspecified atom stereocenters. The number of hydrogen-bond acceptors (Lipinski definition) is 5. The van der Waals surface area contributed by atoms with Crippen LogP contribution in [0.4, 0.5) is 0 Å². The molecule has 1 amide bonds. The Kier molecular flexibility index (Phi) is 7.01. The molecule has 2 rings (SSSR count). The van der Waals surface area contributed by atoms with Gasteiger partial charge < -0.3 is 9.84 Å². The molecule has 0 radical (unpaired) electrons. The van der Waals surface area contributed by atoms with Crippen LogP contribution < -0.4 is 4.74 Å². The normalized spacial score (nSPS) is 16.1. The number of nitrogens with zero attached hydrogens (tertiary/aromatic N) is 1. The number of ether oxygens (including phenoxy) is 1. The third kappa shape index (κ3) is 5.86. The van der Waals surface area contributed by atoms with E-state index in [1.807, 2.05) is 24.3 Å². The van der Waals surface area contributed by atoms with E-state index >= 15 is 0 Å². The van der Waals surface area contributed by atoms with Gasteiger partial charge in [0.1, 0.15) is 10.1 Å². The molecule has 0 aliphatic carbocycles. The zero-order valence-electron chi connectivity index (χ0n) is 14.2. The Morgan fingerprint density at radius 2 is 2.20 bits per heavy atom. The van der Waals surface area contributed by atoms with Crippen LogP contribution in [0.2, 0.25) is 0 Å². The van der Waals surface area contributed by atoms with Crippen molar-refractivity contribution in [2.45, 2.75) is 26.7 Å². The number of thioether (sulfide) groups is 1. The lowest BCUT2D eigenvalue weighted by Gasteiger charge is -2.13. The fraction of sp³-hybridized carbons (Fsp3) is 0.389. The lowest BCUT2D eigenvalue weighted by atomic mass is 10.2. The number of amides is 1. The number of carboxylic acid groups (broad SMARTS) is 1. The van der Waals surface area contributed by atoms with Crippen LogP contribution in [-0.2, 0) is 9.59 Å². The van der Waals surface area contributed by atoms with Crippen LogP contribution in [0.1, 0.15) is 32.3 Å². The van der Waals surface area contributed by atoms with Gasteiger partial charge in [0.25, 0.3) is 5.91 Å². The summed E-state index contributed by atoms with van der Waals surface area (Å²) in [5, 5.41) is 8.71. The number of benzene rings is 1. The Bertz CT molecular complexity index is 700. The van der Waals surface area contributed by atoms with Gasteiger partial charge in [0.15, 0.2) is 0 Å². The monoisotopic (exact) mass is 379 g/mol. The summed E-state index contributed by atoms with van der Waals surface area (Å²) in [5.41, 5.74) is 0.868. The number of thiocarbonyl (C=S) groups is 1. The van der Waals surface area contributed by atoms with Gasteiger partial charge in [-0.05, 0) is 36.1 Å². The molecule has 0 spiro atoms. The summed E-state index contributed by atoms with van der Waals surface area (Å²) < 4.78 is 6.17. The SMILES string of the molecule is CC(C)COc1cccc(C=C2SC(=S)N(CCCC(=O)O)C2=O)c1. The number of rotatable bonds is 8. The maximum absolute atomic E-state index is 12.5. The van der Waals surface area contributed by atoms with Crippen LogP contribution >= 0.6 is 24.0 Å². The summed E-state index contributed by atoms with van der Waals surface area (Å²) in [7, 11) is 0. The molecule has 5 nitrogen and oxygen atoms in total. The first-order valence-corrected chi connectivity index (χ1v) is 9.29. The zero-order chi connectivity index (χ0) is 18.4. The Morgan fingerprint density at radius 1 is 1.44 bits per heavy atom. The fourth-order valence-corrected chi connectivity index (χ4v) is 3.50. The second-order valence-electron chi connectivity index (χ2n) is 6.11. The molecule has 1 fully saturated rings. The lowest BCUT2D eigenvalue weighted by molar-refractivity contribution is -0.137. The topological polar surface area (TPSA) is 66.8 Å². The summed E-state index contributed by atoms with van der Waals surface area (Å²) in [5.74, 6) is 0.151. The Hall–Kier alpha value is -1.86. The third-order valence-corrected chi connectivity index (χ3v) is 4.76. The van der Waals surface area contributed by atoms with Crippen molar-refractivity contribution < 1.29 is 19.4 Å². The van der Waals surface area contributed by atoms with Gasteiger partial charge in [-0.3, -0.25) is 14.5 Å². The molecule has 7 heteroatoms.